The third-order valence-electron chi connectivity index (χ3n) is 5.24. The molecule has 2 aromatic carbocycles. The lowest BCUT2D eigenvalue weighted by atomic mass is 10.0. The van der Waals surface area contributed by atoms with Crippen LogP contribution in [-0.4, -0.2) is 38.3 Å². The van der Waals surface area contributed by atoms with E-state index in [1.807, 2.05) is 13.0 Å². The predicted octanol–water partition coefficient (Wildman–Crippen LogP) is 4.04. The number of hydrogen-bond donors (Lipinski definition) is 1. The van der Waals surface area contributed by atoms with E-state index >= 15 is 0 Å². The van der Waals surface area contributed by atoms with Crippen LogP contribution in [0.4, 0.5) is 5.69 Å². The fraction of sp³-hybridized carbons (Fsp3) is 0.458. The molecule has 0 saturated carbocycles. The first-order valence-electron chi connectivity index (χ1n) is 10.4. The van der Waals surface area contributed by atoms with Crippen molar-refractivity contribution in [2.24, 2.45) is 0 Å². The molecule has 0 bridgehead atoms. The Bertz CT molecular complexity index is 811. The number of carbonyl (C=O) groups excluding carboxylic acids is 1. The van der Waals surface area contributed by atoms with Crippen LogP contribution in [0.5, 0.6) is 5.75 Å². The average molecular weight is 397 g/mol. The normalized spacial score (nSPS) is 15.3. The molecule has 5 nitrogen and oxygen atoms in total. The van der Waals surface area contributed by atoms with Gasteiger partial charge in [-0.3, -0.25) is 4.79 Å². The molecule has 1 unspecified atom stereocenters. The second-order valence-corrected chi connectivity index (χ2v) is 7.94. The maximum atomic E-state index is 12.5. The molecule has 1 saturated heterocycles. The monoisotopic (exact) mass is 396 g/mol. The van der Waals surface area contributed by atoms with Crippen LogP contribution in [0.3, 0.4) is 0 Å². The Morgan fingerprint density at radius 2 is 1.79 bits per heavy atom. The van der Waals surface area contributed by atoms with E-state index < -0.39 is 6.10 Å². The van der Waals surface area contributed by atoms with E-state index in [0.717, 1.165) is 48.7 Å². The van der Waals surface area contributed by atoms with Gasteiger partial charge >= 0.3 is 0 Å². The molecule has 0 aromatic heterocycles. The highest BCUT2D eigenvalue weighted by Gasteiger charge is 2.17. The number of benzene rings is 2. The summed E-state index contributed by atoms with van der Waals surface area (Å²) in [6, 6.07) is 14.5. The van der Waals surface area contributed by atoms with Crippen LogP contribution in [0.25, 0.3) is 0 Å². The summed E-state index contributed by atoms with van der Waals surface area (Å²) in [5, 5.41) is 2.98. The van der Waals surface area contributed by atoms with E-state index in [-0.39, 0.29) is 5.91 Å². The average Bonchev–Trinajstić information content (AvgIpc) is 2.73. The lowest BCUT2D eigenvalue weighted by Gasteiger charge is -2.28. The Morgan fingerprint density at radius 3 is 2.45 bits per heavy atom. The Morgan fingerprint density at radius 1 is 1.10 bits per heavy atom. The zero-order valence-electron chi connectivity index (χ0n) is 17.9. The minimum atomic E-state index is -0.554. The molecule has 0 spiro atoms. The largest absolute Gasteiger partial charge is 0.481 e. The molecule has 1 aliphatic heterocycles. The fourth-order valence-corrected chi connectivity index (χ4v) is 3.44. The fourth-order valence-electron chi connectivity index (χ4n) is 3.44. The molecule has 1 fully saturated rings. The molecule has 0 aliphatic carbocycles. The zero-order valence-corrected chi connectivity index (χ0v) is 17.9. The van der Waals surface area contributed by atoms with Crippen molar-refractivity contribution in [1.29, 1.82) is 0 Å². The molecule has 1 N–H and O–H groups in total. The highest BCUT2D eigenvalue weighted by Crippen LogP contribution is 2.28. The number of rotatable bonds is 7. The number of aryl methyl sites for hydroxylation is 1. The molecule has 2 aromatic rings. The van der Waals surface area contributed by atoms with Crippen LogP contribution in [0.1, 0.15) is 43.4 Å². The van der Waals surface area contributed by atoms with Crippen molar-refractivity contribution >= 4 is 11.6 Å². The number of morpholine rings is 1. The minimum Gasteiger partial charge on any atom is -0.481 e. The van der Waals surface area contributed by atoms with E-state index in [0.29, 0.717) is 12.5 Å². The second kappa shape index (κ2) is 9.79. The summed E-state index contributed by atoms with van der Waals surface area (Å²) >= 11 is 0. The lowest BCUT2D eigenvalue weighted by Crippen LogP contribution is -2.36. The lowest BCUT2D eigenvalue weighted by molar-refractivity contribution is -0.127. The number of nitrogens with zero attached hydrogens (tertiary/aromatic N) is 1. The first-order valence-corrected chi connectivity index (χ1v) is 10.4. The number of amides is 1. The molecule has 1 atom stereocenters. The summed E-state index contributed by atoms with van der Waals surface area (Å²) in [4.78, 5) is 14.9. The number of anilines is 1. The summed E-state index contributed by atoms with van der Waals surface area (Å²) in [7, 11) is 0. The molecule has 5 heteroatoms. The third kappa shape index (κ3) is 5.73. The van der Waals surface area contributed by atoms with E-state index in [4.69, 9.17) is 9.47 Å². The van der Waals surface area contributed by atoms with Gasteiger partial charge in [-0.05, 0) is 54.7 Å². The Labute approximate surface area is 174 Å². The second-order valence-electron chi connectivity index (χ2n) is 7.94. The van der Waals surface area contributed by atoms with Gasteiger partial charge in [-0.2, -0.15) is 0 Å². The molecule has 1 amide bonds. The smallest absolute Gasteiger partial charge is 0.261 e. The SMILES string of the molecule is Cc1ccc(C(C)C)c(OC(C)C(=O)NCc2ccc(N3CCOCC3)cc2)c1. The number of nitrogens with one attached hydrogen (secondary N) is 1. The maximum absolute atomic E-state index is 12.5. The highest BCUT2D eigenvalue weighted by molar-refractivity contribution is 5.80. The topological polar surface area (TPSA) is 50.8 Å². The van der Waals surface area contributed by atoms with Crippen LogP contribution >= 0.6 is 0 Å². The molecule has 156 valence electrons. The van der Waals surface area contributed by atoms with Crippen LogP contribution in [0.2, 0.25) is 0 Å². The van der Waals surface area contributed by atoms with Gasteiger partial charge in [-0.1, -0.05) is 38.1 Å². The molecule has 29 heavy (non-hydrogen) atoms. The number of ether oxygens (including phenoxy) is 2. The summed E-state index contributed by atoms with van der Waals surface area (Å²) in [6.07, 6.45) is -0.554. The van der Waals surface area contributed by atoms with E-state index in [1.165, 1.54) is 5.69 Å². The van der Waals surface area contributed by atoms with Crippen molar-refractivity contribution < 1.29 is 14.3 Å². The van der Waals surface area contributed by atoms with Gasteiger partial charge in [0, 0.05) is 25.3 Å². The Hall–Kier alpha value is -2.53. The van der Waals surface area contributed by atoms with Crippen LogP contribution in [0.15, 0.2) is 42.5 Å². The van der Waals surface area contributed by atoms with Crippen molar-refractivity contribution in [3.63, 3.8) is 0 Å². The summed E-state index contributed by atoms with van der Waals surface area (Å²) in [5.74, 6) is 1.02. The standard InChI is InChI=1S/C24H32N2O3/c1-17(2)22-10-5-18(3)15-23(22)29-19(4)24(27)25-16-20-6-8-21(9-7-20)26-11-13-28-14-12-26/h5-10,15,17,19H,11-14,16H2,1-4H3,(H,25,27). The van der Waals surface area contributed by atoms with Crippen molar-refractivity contribution in [2.75, 3.05) is 31.2 Å². The summed E-state index contributed by atoms with van der Waals surface area (Å²) < 4.78 is 11.4. The van der Waals surface area contributed by atoms with Crippen LogP contribution in [0, 0.1) is 6.92 Å². The van der Waals surface area contributed by atoms with Crippen molar-refractivity contribution in [3.05, 3.63) is 59.2 Å². The van der Waals surface area contributed by atoms with Gasteiger partial charge in [0.1, 0.15) is 5.75 Å². The molecule has 0 radical (unpaired) electrons. The van der Waals surface area contributed by atoms with Crippen LogP contribution < -0.4 is 15.0 Å². The van der Waals surface area contributed by atoms with Gasteiger partial charge < -0.3 is 19.7 Å². The Kier molecular flexibility index (Phi) is 7.15. The van der Waals surface area contributed by atoms with Gasteiger partial charge in [-0.25, -0.2) is 0 Å². The van der Waals surface area contributed by atoms with Gasteiger partial charge in [0.15, 0.2) is 6.10 Å². The van der Waals surface area contributed by atoms with E-state index in [9.17, 15) is 4.79 Å². The first-order chi connectivity index (χ1) is 13.9. The minimum absolute atomic E-state index is 0.113. The van der Waals surface area contributed by atoms with Crippen molar-refractivity contribution in [3.8, 4) is 5.75 Å². The van der Waals surface area contributed by atoms with Crippen molar-refractivity contribution in [2.45, 2.75) is 46.3 Å². The maximum Gasteiger partial charge on any atom is 0.261 e. The molecule has 1 heterocycles. The van der Waals surface area contributed by atoms with Gasteiger partial charge in [-0.15, -0.1) is 0 Å². The number of hydrogen-bond acceptors (Lipinski definition) is 4. The van der Waals surface area contributed by atoms with Gasteiger partial charge in [0.2, 0.25) is 0 Å². The first kappa shape index (κ1) is 21.2. The van der Waals surface area contributed by atoms with Gasteiger partial charge in [0.25, 0.3) is 5.91 Å². The highest BCUT2D eigenvalue weighted by atomic mass is 16.5. The zero-order chi connectivity index (χ0) is 20.8. The van der Waals surface area contributed by atoms with E-state index in [1.54, 1.807) is 6.92 Å². The van der Waals surface area contributed by atoms with Gasteiger partial charge in [0.05, 0.1) is 13.2 Å². The molecular weight excluding hydrogens is 364 g/mol. The molecular formula is C24H32N2O3. The third-order valence-corrected chi connectivity index (χ3v) is 5.24. The number of carbonyl (C=O) groups is 1. The Balaban J connectivity index is 1.54. The summed E-state index contributed by atoms with van der Waals surface area (Å²) in [6.45, 7) is 12.0. The summed E-state index contributed by atoms with van der Waals surface area (Å²) in [5.41, 5.74) is 4.51. The van der Waals surface area contributed by atoms with Crippen molar-refractivity contribution in [1.82, 2.24) is 5.32 Å². The van der Waals surface area contributed by atoms with E-state index in [2.05, 4.69) is 60.5 Å². The van der Waals surface area contributed by atoms with Crippen LogP contribution in [-0.2, 0) is 16.1 Å². The molecule has 1 aliphatic rings. The quantitative estimate of drug-likeness (QED) is 0.767. The predicted molar refractivity (Wildman–Crippen MR) is 117 cm³/mol. The molecule has 3 rings (SSSR count).